The number of thiol groups is 1. The first-order chi connectivity index (χ1) is 15.4. The van der Waals surface area contributed by atoms with Crippen LogP contribution >= 0.6 is 24.4 Å². The van der Waals surface area contributed by atoms with Crippen molar-refractivity contribution in [3.8, 4) is 0 Å². The molecule has 0 radical (unpaired) electrons. The van der Waals surface area contributed by atoms with Crippen molar-refractivity contribution in [2.24, 2.45) is 11.5 Å². The van der Waals surface area contributed by atoms with Crippen LogP contribution in [0.2, 0.25) is 0 Å². The number of carboxylic acids is 2. The zero-order valence-corrected chi connectivity index (χ0v) is 19.8. The number of carboxylic acid groups (broad SMARTS) is 2. The van der Waals surface area contributed by atoms with Gasteiger partial charge in [-0.2, -0.15) is 24.4 Å². The van der Waals surface area contributed by atoms with E-state index < -0.39 is 59.7 Å². The number of hydrogen-bond acceptors (Lipinski definition) is 9. The largest absolute Gasteiger partial charge is 0.481 e. The number of aliphatic carboxylic acids is 2. The fraction of sp³-hybridized carbons (Fsp3) is 0.667. The Labute approximate surface area is 200 Å². The van der Waals surface area contributed by atoms with E-state index in [4.69, 9.17) is 16.6 Å². The molecule has 0 heterocycles. The second kappa shape index (κ2) is 16.1. The van der Waals surface area contributed by atoms with E-state index in [1.165, 1.54) is 11.8 Å². The molecule has 0 bridgehead atoms. The van der Waals surface area contributed by atoms with Gasteiger partial charge in [-0.1, -0.05) is 0 Å². The van der Waals surface area contributed by atoms with E-state index in [9.17, 15) is 33.9 Å². The van der Waals surface area contributed by atoms with Gasteiger partial charge in [-0.3, -0.25) is 24.0 Å². The molecule has 0 aromatic carbocycles. The van der Waals surface area contributed by atoms with Gasteiger partial charge >= 0.3 is 11.9 Å². The van der Waals surface area contributed by atoms with Crippen LogP contribution in [0.4, 0.5) is 0 Å². The number of carbonyl (C=O) groups excluding carboxylic acids is 4. The zero-order valence-electron chi connectivity index (χ0n) is 18.1. The quantitative estimate of drug-likeness (QED) is 0.0974. The summed E-state index contributed by atoms with van der Waals surface area (Å²) in [6.07, 6.45) is 0.934. The molecule has 188 valence electrons. The van der Waals surface area contributed by atoms with Crippen LogP contribution in [0.15, 0.2) is 0 Å². The molecule has 33 heavy (non-hydrogen) atoms. The first-order valence-corrected chi connectivity index (χ1v) is 11.9. The Hall–Kier alpha value is -2.52. The molecule has 0 aromatic rings. The highest BCUT2D eigenvalue weighted by Gasteiger charge is 2.30. The SMILES string of the molecule is CSCCC(NC(=O)C(CS)NC(=O)C(CCC(N)=O)NC(=O)C(N)CCC(=O)O)C(=O)O. The van der Waals surface area contributed by atoms with Crippen molar-refractivity contribution in [1.82, 2.24) is 16.0 Å². The highest BCUT2D eigenvalue weighted by Crippen LogP contribution is 2.04. The zero-order chi connectivity index (χ0) is 25.6. The molecule has 0 aromatic heterocycles. The lowest BCUT2D eigenvalue weighted by Crippen LogP contribution is -2.57. The Balaban J connectivity index is 5.25. The third-order valence-electron chi connectivity index (χ3n) is 4.36. The van der Waals surface area contributed by atoms with Gasteiger partial charge in [0.15, 0.2) is 0 Å². The molecule has 4 unspecified atom stereocenters. The summed E-state index contributed by atoms with van der Waals surface area (Å²) in [5.74, 6) is -5.27. The Kier molecular flexibility index (Phi) is 14.9. The van der Waals surface area contributed by atoms with Crippen LogP contribution in [0.3, 0.4) is 0 Å². The van der Waals surface area contributed by atoms with Gasteiger partial charge in [-0.05, 0) is 31.3 Å². The molecule has 0 spiro atoms. The van der Waals surface area contributed by atoms with E-state index in [0.29, 0.717) is 5.75 Å². The molecule has 0 rings (SSSR count). The van der Waals surface area contributed by atoms with Crippen molar-refractivity contribution in [3.05, 3.63) is 0 Å². The highest BCUT2D eigenvalue weighted by molar-refractivity contribution is 7.98. The number of thioether (sulfide) groups is 1. The topological polar surface area (TPSA) is 231 Å². The molecule has 0 aliphatic rings. The predicted octanol–water partition coefficient (Wildman–Crippen LogP) is -2.33. The smallest absolute Gasteiger partial charge is 0.326 e. The van der Waals surface area contributed by atoms with E-state index in [1.807, 2.05) is 0 Å². The molecule has 13 nitrogen and oxygen atoms in total. The van der Waals surface area contributed by atoms with Crippen LogP contribution in [0.5, 0.6) is 0 Å². The summed E-state index contributed by atoms with van der Waals surface area (Å²) in [7, 11) is 0. The monoisotopic (exact) mass is 509 g/mol. The van der Waals surface area contributed by atoms with Crippen molar-refractivity contribution in [1.29, 1.82) is 0 Å². The van der Waals surface area contributed by atoms with Gasteiger partial charge in [0.05, 0.1) is 6.04 Å². The molecule has 0 saturated heterocycles. The first kappa shape index (κ1) is 30.5. The van der Waals surface area contributed by atoms with Crippen LogP contribution in [0, 0.1) is 0 Å². The van der Waals surface area contributed by atoms with Crippen molar-refractivity contribution >= 4 is 60.0 Å². The average molecular weight is 510 g/mol. The summed E-state index contributed by atoms with van der Waals surface area (Å²) >= 11 is 5.42. The van der Waals surface area contributed by atoms with Crippen molar-refractivity contribution in [2.75, 3.05) is 17.8 Å². The number of carbonyl (C=O) groups is 6. The molecular formula is C18H31N5O8S2. The number of nitrogens with one attached hydrogen (secondary N) is 3. The number of hydrogen-bond donors (Lipinski definition) is 8. The maximum atomic E-state index is 12.7. The molecule has 0 saturated carbocycles. The molecule has 15 heteroatoms. The molecule has 4 amide bonds. The van der Waals surface area contributed by atoms with Gasteiger partial charge < -0.3 is 37.6 Å². The molecule has 0 fully saturated rings. The van der Waals surface area contributed by atoms with Gasteiger partial charge in [0.2, 0.25) is 23.6 Å². The summed E-state index contributed by atoms with van der Waals surface area (Å²) in [6.45, 7) is 0. The van der Waals surface area contributed by atoms with Crippen LogP contribution in [-0.2, 0) is 28.8 Å². The average Bonchev–Trinajstić information content (AvgIpc) is 2.74. The van der Waals surface area contributed by atoms with E-state index in [2.05, 4.69) is 28.6 Å². The maximum absolute atomic E-state index is 12.7. The highest BCUT2D eigenvalue weighted by atomic mass is 32.2. The summed E-state index contributed by atoms with van der Waals surface area (Å²) in [4.78, 5) is 70.5. The lowest BCUT2D eigenvalue weighted by atomic mass is 10.1. The number of nitrogens with two attached hydrogens (primary N) is 2. The number of primary amides is 1. The Morgan fingerprint density at radius 1 is 0.848 bits per heavy atom. The fourth-order valence-electron chi connectivity index (χ4n) is 2.48. The lowest BCUT2D eigenvalue weighted by Gasteiger charge is -2.24. The van der Waals surface area contributed by atoms with Gasteiger partial charge in [0, 0.05) is 18.6 Å². The summed E-state index contributed by atoms with van der Waals surface area (Å²) < 4.78 is 0. The van der Waals surface area contributed by atoms with E-state index in [1.54, 1.807) is 6.26 Å². The van der Waals surface area contributed by atoms with Gasteiger partial charge in [0.1, 0.15) is 18.1 Å². The van der Waals surface area contributed by atoms with Gasteiger partial charge in [-0.25, -0.2) is 4.79 Å². The summed E-state index contributed by atoms with van der Waals surface area (Å²) in [5.41, 5.74) is 10.7. The number of rotatable bonds is 17. The number of amides is 4. The minimum Gasteiger partial charge on any atom is -0.481 e. The third-order valence-corrected chi connectivity index (χ3v) is 5.37. The fourth-order valence-corrected chi connectivity index (χ4v) is 3.20. The van der Waals surface area contributed by atoms with E-state index in [-0.39, 0.29) is 37.9 Å². The second-order valence-corrected chi connectivity index (χ2v) is 8.38. The standard InChI is InChI=1S/C18H31N5O8S2/c1-33-7-6-11(18(30)31)22-17(29)12(8-32)23-16(28)10(3-4-13(20)24)21-15(27)9(19)2-5-14(25)26/h9-12,32H,2-8,19H2,1H3,(H2,20,24)(H,21,27)(H,22,29)(H,23,28)(H,25,26)(H,30,31). The minimum atomic E-state index is -1.30. The molecule has 0 aliphatic carbocycles. The van der Waals surface area contributed by atoms with Crippen LogP contribution in [-0.4, -0.2) is 87.7 Å². The third kappa shape index (κ3) is 12.9. The predicted molar refractivity (Wildman–Crippen MR) is 124 cm³/mol. The van der Waals surface area contributed by atoms with Crippen molar-refractivity contribution < 1.29 is 39.0 Å². The Bertz CT molecular complexity index is 724. The van der Waals surface area contributed by atoms with Crippen LogP contribution < -0.4 is 27.4 Å². The van der Waals surface area contributed by atoms with Crippen molar-refractivity contribution in [3.63, 3.8) is 0 Å². The lowest BCUT2D eigenvalue weighted by molar-refractivity contribution is -0.142. The normalized spacial score (nSPS) is 14.3. The van der Waals surface area contributed by atoms with Crippen molar-refractivity contribution in [2.45, 2.75) is 56.3 Å². The van der Waals surface area contributed by atoms with Gasteiger partial charge in [-0.15, -0.1) is 0 Å². The Morgan fingerprint density at radius 2 is 1.39 bits per heavy atom. The maximum Gasteiger partial charge on any atom is 0.326 e. The first-order valence-electron chi connectivity index (χ1n) is 9.92. The second-order valence-electron chi connectivity index (χ2n) is 7.03. The molecule has 0 aliphatic heterocycles. The van der Waals surface area contributed by atoms with Crippen LogP contribution in [0.1, 0.15) is 32.1 Å². The molecule has 9 N–H and O–H groups in total. The van der Waals surface area contributed by atoms with Gasteiger partial charge in [0.25, 0.3) is 0 Å². The van der Waals surface area contributed by atoms with E-state index in [0.717, 1.165) is 0 Å². The van der Waals surface area contributed by atoms with E-state index >= 15 is 0 Å². The summed E-state index contributed by atoms with van der Waals surface area (Å²) in [5, 5.41) is 25.0. The molecular weight excluding hydrogens is 478 g/mol. The minimum absolute atomic E-state index is 0.168. The Morgan fingerprint density at radius 3 is 1.88 bits per heavy atom. The molecule has 4 atom stereocenters. The summed E-state index contributed by atoms with van der Waals surface area (Å²) in [6, 6.07) is -4.92. The van der Waals surface area contributed by atoms with Crippen LogP contribution in [0.25, 0.3) is 0 Å².